The number of hydrogen-bond donors (Lipinski definition) is 2. The van der Waals surface area contributed by atoms with Gasteiger partial charge in [0.15, 0.2) is 5.16 Å². The number of aromatic nitrogens is 4. The van der Waals surface area contributed by atoms with Crippen molar-refractivity contribution in [1.82, 2.24) is 24.9 Å². The number of nitrogens with one attached hydrogen (secondary N) is 2. The van der Waals surface area contributed by atoms with Gasteiger partial charge >= 0.3 is 0 Å². The maximum absolute atomic E-state index is 12.6. The number of hydrogen-bond acceptors (Lipinski definition) is 4. The summed E-state index contributed by atoms with van der Waals surface area (Å²) in [7, 11) is 0. The molecule has 0 spiro atoms. The Hall–Kier alpha value is -2.02. The number of carbonyl (C=O) groups excluding carboxylic acids is 1. The van der Waals surface area contributed by atoms with Crippen LogP contribution < -0.4 is 5.32 Å². The number of rotatable bonds is 4. The number of imidazole rings is 1. The second-order valence-electron chi connectivity index (χ2n) is 6.72. The van der Waals surface area contributed by atoms with Gasteiger partial charge in [-0.1, -0.05) is 49.6 Å². The van der Waals surface area contributed by atoms with E-state index in [2.05, 4.69) is 20.5 Å². The second-order valence-corrected chi connectivity index (χ2v) is 8.03. The Balaban J connectivity index is 1.49. The van der Waals surface area contributed by atoms with Gasteiger partial charge in [-0.15, -0.1) is 5.10 Å². The van der Waals surface area contributed by atoms with E-state index in [1.165, 1.54) is 37.4 Å². The lowest BCUT2D eigenvalue weighted by molar-refractivity contribution is -0.121. The van der Waals surface area contributed by atoms with E-state index in [4.69, 9.17) is 0 Å². The van der Waals surface area contributed by atoms with Crippen molar-refractivity contribution in [1.29, 1.82) is 0 Å². The van der Waals surface area contributed by atoms with E-state index in [1.54, 1.807) is 0 Å². The molecule has 0 saturated heterocycles. The molecule has 7 heteroatoms. The van der Waals surface area contributed by atoms with Gasteiger partial charge in [0.1, 0.15) is 0 Å². The normalized spacial score (nSPS) is 17.6. The van der Waals surface area contributed by atoms with Crippen LogP contribution >= 0.6 is 11.8 Å². The molecule has 1 fully saturated rings. The van der Waals surface area contributed by atoms with Crippen LogP contribution in [0.1, 0.15) is 45.4 Å². The fourth-order valence-corrected chi connectivity index (χ4v) is 4.36. The average molecular weight is 357 g/mol. The van der Waals surface area contributed by atoms with Crippen molar-refractivity contribution in [3.8, 4) is 0 Å². The Morgan fingerprint density at radius 3 is 2.84 bits per heavy atom. The topological polar surface area (TPSA) is 75.1 Å². The zero-order chi connectivity index (χ0) is 17.2. The van der Waals surface area contributed by atoms with Crippen molar-refractivity contribution in [2.45, 2.75) is 61.9 Å². The van der Waals surface area contributed by atoms with Crippen LogP contribution in [0.5, 0.6) is 0 Å². The van der Waals surface area contributed by atoms with Crippen molar-refractivity contribution >= 4 is 34.5 Å². The van der Waals surface area contributed by atoms with Gasteiger partial charge in [-0.3, -0.25) is 9.20 Å². The molecule has 3 aromatic rings. The van der Waals surface area contributed by atoms with Crippen molar-refractivity contribution in [3.63, 3.8) is 0 Å². The molecule has 0 unspecified atom stereocenters. The molecule has 1 aliphatic rings. The molecule has 1 aromatic carbocycles. The summed E-state index contributed by atoms with van der Waals surface area (Å²) in [6, 6.07) is 8.28. The number of benzene rings is 1. The number of H-pyrrole nitrogens is 1. The zero-order valence-corrected chi connectivity index (χ0v) is 15.2. The summed E-state index contributed by atoms with van der Waals surface area (Å²) in [5.41, 5.74) is 1.93. The van der Waals surface area contributed by atoms with Crippen molar-refractivity contribution in [2.24, 2.45) is 0 Å². The van der Waals surface area contributed by atoms with E-state index in [9.17, 15) is 4.79 Å². The number of para-hydroxylation sites is 2. The quantitative estimate of drug-likeness (QED) is 0.553. The molecule has 1 amide bonds. The van der Waals surface area contributed by atoms with Crippen LogP contribution in [-0.4, -0.2) is 36.8 Å². The molecule has 1 atom stereocenters. The number of carbonyl (C=O) groups is 1. The molecule has 2 aromatic heterocycles. The fourth-order valence-electron chi connectivity index (χ4n) is 3.48. The Bertz CT molecular complexity index is 878. The minimum absolute atomic E-state index is 0.0949. The summed E-state index contributed by atoms with van der Waals surface area (Å²) in [6.45, 7) is 1.94. The van der Waals surface area contributed by atoms with E-state index in [1.807, 2.05) is 35.6 Å². The molecule has 0 radical (unpaired) electrons. The van der Waals surface area contributed by atoms with Crippen LogP contribution in [0.15, 0.2) is 29.4 Å². The molecule has 2 N–H and O–H groups in total. The molecule has 6 nitrogen and oxygen atoms in total. The number of thioether (sulfide) groups is 1. The Morgan fingerprint density at radius 2 is 2.04 bits per heavy atom. The van der Waals surface area contributed by atoms with E-state index in [0.29, 0.717) is 11.8 Å². The molecule has 1 aliphatic carbocycles. The molecule has 2 heterocycles. The average Bonchev–Trinajstić information content (AvgIpc) is 3.06. The summed E-state index contributed by atoms with van der Waals surface area (Å²) < 4.78 is 1.98. The van der Waals surface area contributed by atoms with Gasteiger partial charge < -0.3 is 5.32 Å². The number of aromatic amines is 1. The molecule has 4 rings (SSSR count). The first-order valence-corrected chi connectivity index (χ1v) is 9.89. The third-order valence-electron chi connectivity index (χ3n) is 4.86. The lowest BCUT2D eigenvalue weighted by Gasteiger charge is -2.18. The molecular weight excluding hydrogens is 334 g/mol. The van der Waals surface area contributed by atoms with Gasteiger partial charge in [-0.2, -0.15) is 0 Å². The third-order valence-corrected chi connectivity index (χ3v) is 5.91. The van der Waals surface area contributed by atoms with Gasteiger partial charge in [0, 0.05) is 6.04 Å². The van der Waals surface area contributed by atoms with Gasteiger partial charge in [0.25, 0.3) is 0 Å². The molecular formula is C18H23N5OS. The van der Waals surface area contributed by atoms with E-state index < -0.39 is 0 Å². The van der Waals surface area contributed by atoms with Gasteiger partial charge in [0.2, 0.25) is 11.7 Å². The predicted octanol–water partition coefficient (Wildman–Crippen LogP) is 3.53. The second kappa shape index (κ2) is 7.07. The number of amides is 1. The van der Waals surface area contributed by atoms with Gasteiger partial charge in [-0.05, 0) is 31.9 Å². The van der Waals surface area contributed by atoms with Crippen LogP contribution in [-0.2, 0) is 4.79 Å². The minimum atomic E-state index is -0.198. The first kappa shape index (κ1) is 16.4. The fraction of sp³-hybridized carbons (Fsp3) is 0.500. The Kier molecular flexibility index (Phi) is 4.65. The van der Waals surface area contributed by atoms with Crippen molar-refractivity contribution < 1.29 is 4.79 Å². The van der Waals surface area contributed by atoms with Crippen LogP contribution in [0.2, 0.25) is 0 Å². The van der Waals surface area contributed by atoms with Crippen LogP contribution in [0.3, 0.4) is 0 Å². The Labute approximate surface area is 150 Å². The highest BCUT2D eigenvalue weighted by atomic mass is 32.2. The van der Waals surface area contributed by atoms with Gasteiger partial charge in [0.05, 0.1) is 16.3 Å². The third kappa shape index (κ3) is 3.38. The summed E-state index contributed by atoms with van der Waals surface area (Å²) >= 11 is 1.47. The summed E-state index contributed by atoms with van der Waals surface area (Å²) in [4.78, 5) is 17.1. The standard InChI is InChI=1S/C18H23N5OS/c1-12(16(24)19-13-8-4-2-3-5-9-13)25-18-22-21-17-20-14-10-6-7-11-15(14)23(17)18/h6-7,10-13H,2-5,8-9H2,1H3,(H,19,24)(H,20,21)/t12-/m0/s1. The first-order chi connectivity index (χ1) is 12.2. The number of nitrogens with zero attached hydrogens (tertiary/aromatic N) is 3. The lowest BCUT2D eigenvalue weighted by atomic mass is 10.1. The summed E-state index contributed by atoms with van der Waals surface area (Å²) in [5.74, 6) is 0.803. The highest BCUT2D eigenvalue weighted by molar-refractivity contribution is 8.00. The summed E-state index contributed by atoms with van der Waals surface area (Å²) in [5, 5.41) is 11.1. The highest BCUT2D eigenvalue weighted by Gasteiger charge is 2.22. The molecule has 132 valence electrons. The highest BCUT2D eigenvalue weighted by Crippen LogP contribution is 2.26. The van der Waals surface area contributed by atoms with E-state index in [-0.39, 0.29) is 11.2 Å². The van der Waals surface area contributed by atoms with Gasteiger partial charge in [-0.25, -0.2) is 10.1 Å². The maximum atomic E-state index is 12.6. The van der Waals surface area contributed by atoms with Crippen LogP contribution in [0, 0.1) is 0 Å². The van der Waals surface area contributed by atoms with E-state index in [0.717, 1.165) is 29.0 Å². The first-order valence-electron chi connectivity index (χ1n) is 9.01. The largest absolute Gasteiger partial charge is 0.352 e. The van der Waals surface area contributed by atoms with Crippen LogP contribution in [0.4, 0.5) is 0 Å². The maximum Gasteiger partial charge on any atom is 0.233 e. The lowest BCUT2D eigenvalue weighted by Crippen LogP contribution is -2.39. The van der Waals surface area contributed by atoms with E-state index >= 15 is 0 Å². The summed E-state index contributed by atoms with van der Waals surface area (Å²) in [6.07, 6.45) is 7.20. The smallest absolute Gasteiger partial charge is 0.233 e. The number of fused-ring (bicyclic) bond motifs is 3. The monoisotopic (exact) mass is 357 g/mol. The minimum Gasteiger partial charge on any atom is -0.352 e. The molecule has 0 aliphatic heterocycles. The molecule has 1 saturated carbocycles. The SMILES string of the molecule is C[C@H](Sc1n[nH]c2nc3ccccc3n12)C(=O)NC1CCCCCC1. The molecule has 0 bridgehead atoms. The Morgan fingerprint density at radius 1 is 1.28 bits per heavy atom. The van der Waals surface area contributed by atoms with Crippen molar-refractivity contribution in [3.05, 3.63) is 24.3 Å². The predicted molar refractivity (Wildman–Crippen MR) is 99.8 cm³/mol. The zero-order valence-electron chi connectivity index (χ0n) is 14.4. The molecule has 25 heavy (non-hydrogen) atoms. The van der Waals surface area contributed by atoms with Crippen LogP contribution in [0.25, 0.3) is 16.8 Å². The van der Waals surface area contributed by atoms with Crippen molar-refractivity contribution in [2.75, 3.05) is 0 Å².